The highest BCUT2D eigenvalue weighted by Gasteiger charge is 2.37. The fourth-order valence-corrected chi connectivity index (χ4v) is 5.95. The van der Waals surface area contributed by atoms with E-state index in [2.05, 4.69) is 15.4 Å². The average Bonchev–Trinajstić information content (AvgIpc) is 3.40. The first-order chi connectivity index (χ1) is 24.0. The molecular weight excluding hydrogens is 685 g/mol. The lowest BCUT2D eigenvalue weighted by Crippen LogP contribution is -2.45. The van der Waals surface area contributed by atoms with E-state index in [1.807, 2.05) is 5.32 Å². The molecule has 5 rings (SSSR count). The number of urea groups is 1. The number of carbonyl (C=O) groups is 3. The van der Waals surface area contributed by atoms with Crippen molar-refractivity contribution in [3.05, 3.63) is 71.2 Å². The van der Waals surface area contributed by atoms with Crippen LogP contribution in [0.4, 0.5) is 48.7 Å². The van der Waals surface area contributed by atoms with Crippen molar-refractivity contribution in [3.8, 4) is 11.1 Å². The number of aromatic nitrogens is 3. The highest BCUT2D eigenvalue weighted by molar-refractivity contribution is 6.00. The lowest BCUT2D eigenvalue weighted by atomic mass is 9.89. The van der Waals surface area contributed by atoms with Gasteiger partial charge in [0.15, 0.2) is 5.82 Å². The molecule has 272 valence electrons. The van der Waals surface area contributed by atoms with Crippen LogP contribution in [0.2, 0.25) is 0 Å². The number of nitrogen functional groups attached to an aromatic ring is 1. The molecule has 0 aliphatic carbocycles. The molecule has 4 aromatic rings. The Bertz CT molecular complexity index is 1980. The number of hydrogen-bond acceptors (Lipinski definition) is 9. The zero-order valence-corrected chi connectivity index (χ0v) is 27.9. The van der Waals surface area contributed by atoms with Gasteiger partial charge in [-0.1, -0.05) is 6.07 Å². The van der Waals surface area contributed by atoms with Gasteiger partial charge in [-0.25, -0.2) is 32.7 Å². The van der Waals surface area contributed by atoms with Gasteiger partial charge in [0.1, 0.15) is 23.5 Å². The number of methoxy groups -OCH3 is 2. The summed E-state index contributed by atoms with van der Waals surface area (Å²) < 4.78 is 86.3. The molecule has 1 aliphatic rings. The van der Waals surface area contributed by atoms with Crippen molar-refractivity contribution in [2.75, 3.05) is 43.7 Å². The molecule has 18 heteroatoms. The Balaban J connectivity index is 1.42. The topological polar surface area (TPSA) is 162 Å². The summed E-state index contributed by atoms with van der Waals surface area (Å²) in [4.78, 5) is 43.1. The Morgan fingerprint density at radius 3 is 2.29 bits per heavy atom. The molecule has 3 heterocycles. The summed E-state index contributed by atoms with van der Waals surface area (Å²) in [5.74, 6) is -2.85. The number of benzene rings is 2. The van der Waals surface area contributed by atoms with Gasteiger partial charge in [-0.05, 0) is 62.6 Å². The van der Waals surface area contributed by atoms with Crippen LogP contribution in [-0.2, 0) is 31.8 Å². The Labute approximate surface area is 287 Å². The molecule has 0 spiro atoms. The maximum Gasteiger partial charge on any atom is 0.416 e. The normalized spacial score (nSPS) is 14.0. The SMILES string of the molecule is COCc1c(-c2ccc(NC(=O)Nc3cc(C(F)(F)F)ccc3F)c(F)c2)c2c(N)ncnn2c1C1CCN(C(=O)OC(C)(C)C(=O)OC)CC1. The van der Waals surface area contributed by atoms with Crippen molar-refractivity contribution < 1.29 is 50.5 Å². The second-order valence-electron chi connectivity index (χ2n) is 12.2. The van der Waals surface area contributed by atoms with E-state index < -0.39 is 52.8 Å². The molecule has 51 heavy (non-hydrogen) atoms. The molecule has 1 saturated heterocycles. The monoisotopic (exact) mass is 719 g/mol. The van der Waals surface area contributed by atoms with E-state index in [-0.39, 0.29) is 37.1 Å². The molecule has 1 fully saturated rings. The molecule has 0 bridgehead atoms. The van der Waals surface area contributed by atoms with Gasteiger partial charge in [-0.15, -0.1) is 0 Å². The quantitative estimate of drug-likeness (QED) is 0.140. The maximum atomic E-state index is 15.6. The number of piperidine rings is 1. The van der Waals surface area contributed by atoms with E-state index in [9.17, 15) is 31.9 Å². The number of esters is 1. The van der Waals surface area contributed by atoms with Crippen LogP contribution in [0.1, 0.15) is 49.4 Å². The van der Waals surface area contributed by atoms with Crippen molar-refractivity contribution in [1.29, 1.82) is 0 Å². The minimum absolute atomic E-state index is 0.0512. The molecule has 1 aliphatic heterocycles. The summed E-state index contributed by atoms with van der Waals surface area (Å²) >= 11 is 0. The van der Waals surface area contributed by atoms with Gasteiger partial charge in [-0.2, -0.15) is 18.3 Å². The van der Waals surface area contributed by atoms with Crippen LogP contribution in [-0.4, -0.2) is 70.5 Å². The molecule has 2 aromatic heterocycles. The smallest absolute Gasteiger partial charge is 0.416 e. The third-order valence-electron chi connectivity index (χ3n) is 8.39. The Morgan fingerprint density at radius 1 is 0.980 bits per heavy atom. The van der Waals surface area contributed by atoms with Gasteiger partial charge < -0.3 is 35.5 Å². The Hall–Kier alpha value is -5.52. The molecule has 2 aromatic carbocycles. The number of halogens is 5. The van der Waals surface area contributed by atoms with Gasteiger partial charge >= 0.3 is 24.3 Å². The largest absolute Gasteiger partial charge is 0.466 e. The summed E-state index contributed by atoms with van der Waals surface area (Å²) in [5, 5.41) is 8.60. The van der Waals surface area contributed by atoms with E-state index in [1.54, 1.807) is 4.52 Å². The van der Waals surface area contributed by atoms with E-state index in [4.69, 9.17) is 19.9 Å². The molecule has 0 unspecified atom stereocenters. The predicted octanol–water partition coefficient (Wildman–Crippen LogP) is 6.33. The van der Waals surface area contributed by atoms with E-state index in [0.717, 1.165) is 6.07 Å². The molecular formula is C33H34F5N7O6. The fourth-order valence-electron chi connectivity index (χ4n) is 5.95. The number of rotatable bonds is 8. The summed E-state index contributed by atoms with van der Waals surface area (Å²) in [6.45, 7) is 3.47. The van der Waals surface area contributed by atoms with Crippen molar-refractivity contribution in [2.45, 2.75) is 51.0 Å². The number of alkyl halides is 3. The van der Waals surface area contributed by atoms with Gasteiger partial charge in [-0.3, -0.25) is 0 Å². The van der Waals surface area contributed by atoms with Crippen molar-refractivity contribution >= 4 is 40.8 Å². The third-order valence-corrected chi connectivity index (χ3v) is 8.39. The number of anilines is 3. The number of nitrogens with one attached hydrogen (secondary N) is 2. The van der Waals surface area contributed by atoms with Crippen LogP contribution < -0.4 is 16.4 Å². The van der Waals surface area contributed by atoms with E-state index in [0.29, 0.717) is 58.9 Å². The summed E-state index contributed by atoms with van der Waals surface area (Å²) in [6, 6.07) is 4.16. The summed E-state index contributed by atoms with van der Waals surface area (Å²) in [5.41, 5.74) is 5.01. The third kappa shape index (κ3) is 7.64. The Kier molecular flexibility index (Phi) is 10.4. The first-order valence-electron chi connectivity index (χ1n) is 15.5. The zero-order chi connectivity index (χ0) is 37.2. The van der Waals surface area contributed by atoms with Gasteiger partial charge in [0.2, 0.25) is 5.60 Å². The average molecular weight is 720 g/mol. The lowest BCUT2D eigenvalue weighted by molar-refractivity contribution is -0.159. The first-order valence-corrected chi connectivity index (χ1v) is 15.5. The number of nitrogens with two attached hydrogens (primary N) is 1. The standard InChI is InChI=1S/C33H34F5N7O6/c1-32(2,29(46)50-4)51-31(48)44-11-9-17(10-12-44)26-20(15-49-3)25(27-28(39)40-16-41-45(26)27)18-5-8-23(22(35)13-18)42-30(47)43-24-14-19(33(36,37)38)6-7-21(24)34/h5-8,13-14,16-17H,9-12,15H2,1-4H3,(H2,39,40,41)(H2,42,43,47). The van der Waals surface area contributed by atoms with Crippen LogP contribution in [0.3, 0.4) is 0 Å². The second kappa shape index (κ2) is 14.4. The van der Waals surface area contributed by atoms with Gasteiger partial charge in [0.05, 0.1) is 36.3 Å². The highest BCUT2D eigenvalue weighted by atomic mass is 19.4. The van der Waals surface area contributed by atoms with Crippen LogP contribution in [0.5, 0.6) is 0 Å². The zero-order valence-electron chi connectivity index (χ0n) is 27.9. The number of nitrogens with zero attached hydrogens (tertiary/aromatic N) is 4. The maximum absolute atomic E-state index is 15.6. The lowest BCUT2D eigenvalue weighted by Gasteiger charge is -2.33. The van der Waals surface area contributed by atoms with Crippen LogP contribution in [0.15, 0.2) is 42.7 Å². The van der Waals surface area contributed by atoms with Gasteiger partial charge in [0.25, 0.3) is 0 Å². The van der Waals surface area contributed by atoms with E-state index >= 15 is 4.39 Å². The van der Waals surface area contributed by atoms with Crippen LogP contribution in [0.25, 0.3) is 16.6 Å². The highest BCUT2D eigenvalue weighted by Crippen LogP contribution is 2.42. The number of ether oxygens (including phenoxy) is 3. The molecule has 0 radical (unpaired) electrons. The molecule has 0 atom stereocenters. The van der Waals surface area contributed by atoms with E-state index in [1.165, 1.54) is 51.4 Å². The number of fused-ring (bicyclic) bond motifs is 1. The Morgan fingerprint density at radius 2 is 1.67 bits per heavy atom. The van der Waals surface area contributed by atoms with Crippen molar-refractivity contribution in [1.82, 2.24) is 19.5 Å². The van der Waals surface area contributed by atoms with Gasteiger partial charge in [0, 0.05) is 37.2 Å². The predicted molar refractivity (Wildman–Crippen MR) is 174 cm³/mol. The minimum Gasteiger partial charge on any atom is -0.466 e. The minimum atomic E-state index is -4.78. The number of likely N-dealkylation sites (tertiary alicyclic amines) is 1. The van der Waals surface area contributed by atoms with Crippen molar-refractivity contribution in [3.63, 3.8) is 0 Å². The summed E-state index contributed by atoms with van der Waals surface area (Å²) in [6.07, 6.45) is -3.27. The molecule has 0 saturated carbocycles. The fraction of sp³-hybridized carbons (Fsp3) is 0.364. The molecule has 4 N–H and O–H groups in total. The van der Waals surface area contributed by atoms with Crippen LogP contribution in [0, 0.1) is 11.6 Å². The second-order valence-corrected chi connectivity index (χ2v) is 12.2. The number of amides is 3. The number of carbonyl (C=O) groups excluding carboxylic acids is 3. The number of hydrogen-bond donors (Lipinski definition) is 3. The molecule has 13 nitrogen and oxygen atoms in total. The molecule has 3 amide bonds. The van der Waals surface area contributed by atoms with Crippen LogP contribution >= 0.6 is 0 Å². The first kappa shape index (κ1) is 36.8. The van der Waals surface area contributed by atoms with Crippen molar-refractivity contribution in [2.24, 2.45) is 0 Å². The summed E-state index contributed by atoms with van der Waals surface area (Å²) in [7, 11) is 2.68.